The fourth-order valence-electron chi connectivity index (χ4n) is 3.35. The summed E-state index contributed by atoms with van der Waals surface area (Å²) >= 11 is 0.979. The molecule has 1 heterocycles. The van der Waals surface area contributed by atoms with Gasteiger partial charge in [0.25, 0.3) is 0 Å². The molecule has 0 fully saturated rings. The predicted molar refractivity (Wildman–Crippen MR) is 92.8 cm³/mol. The third kappa shape index (κ3) is 2.61. The Kier molecular flexibility index (Phi) is 4.06. The van der Waals surface area contributed by atoms with Gasteiger partial charge < -0.3 is 5.11 Å². The first-order valence-electron chi connectivity index (χ1n) is 7.82. The second-order valence-corrected chi connectivity index (χ2v) is 6.66. The molecule has 1 aliphatic rings. The van der Waals surface area contributed by atoms with E-state index in [1.807, 2.05) is 12.1 Å². The van der Waals surface area contributed by atoms with Gasteiger partial charge in [0, 0.05) is 16.9 Å². The van der Waals surface area contributed by atoms with Crippen LogP contribution < -0.4 is 5.14 Å². The molecule has 0 bridgehead atoms. The van der Waals surface area contributed by atoms with Crippen LogP contribution in [0.5, 0.6) is 0 Å². The van der Waals surface area contributed by atoms with Crippen molar-refractivity contribution in [3.05, 3.63) is 65.0 Å². The lowest BCUT2D eigenvalue weighted by Gasteiger charge is -2.10. The SMILES string of the molecule is NSc1ccc(-n2nc(C(F)(F)F)c3c2Cc2ccccc2-3)cc1CO. The molecule has 0 aliphatic heterocycles. The average Bonchev–Trinajstić information content (AvgIpc) is 3.17. The molecule has 8 heteroatoms. The fourth-order valence-corrected chi connectivity index (χ4v) is 3.77. The summed E-state index contributed by atoms with van der Waals surface area (Å²) in [6, 6.07) is 12.0. The lowest BCUT2D eigenvalue weighted by atomic mass is 10.1. The van der Waals surface area contributed by atoms with Gasteiger partial charge in [-0.3, -0.25) is 5.14 Å². The molecule has 0 amide bonds. The number of aliphatic hydroxyl groups is 1. The van der Waals surface area contributed by atoms with Crippen molar-refractivity contribution in [2.75, 3.05) is 0 Å². The maximum atomic E-state index is 13.6. The van der Waals surface area contributed by atoms with Gasteiger partial charge in [0.1, 0.15) is 0 Å². The average molecular weight is 377 g/mol. The number of hydrogen-bond donors (Lipinski definition) is 2. The van der Waals surface area contributed by atoms with Gasteiger partial charge in [-0.25, -0.2) is 4.68 Å². The first kappa shape index (κ1) is 17.1. The Hall–Kier alpha value is -2.29. The summed E-state index contributed by atoms with van der Waals surface area (Å²) in [5, 5.41) is 18.9. The van der Waals surface area contributed by atoms with E-state index in [0.717, 1.165) is 17.5 Å². The number of alkyl halides is 3. The molecule has 0 saturated carbocycles. The zero-order chi connectivity index (χ0) is 18.5. The number of hydrogen-bond acceptors (Lipinski definition) is 4. The number of nitrogens with two attached hydrogens (primary N) is 1. The van der Waals surface area contributed by atoms with Crippen molar-refractivity contribution >= 4 is 11.9 Å². The molecule has 3 N–H and O–H groups in total. The Bertz CT molecular complexity index is 998. The lowest BCUT2D eigenvalue weighted by Crippen LogP contribution is -2.09. The molecule has 3 aromatic rings. The summed E-state index contributed by atoms with van der Waals surface area (Å²) in [4.78, 5) is 0.666. The molecule has 0 spiro atoms. The van der Waals surface area contributed by atoms with Crippen molar-refractivity contribution in [2.45, 2.75) is 24.1 Å². The normalized spacial score (nSPS) is 13.0. The fraction of sp³-hybridized carbons (Fsp3) is 0.167. The van der Waals surface area contributed by atoms with Gasteiger partial charge in [-0.15, -0.1) is 0 Å². The van der Waals surface area contributed by atoms with Crippen LogP contribution in [-0.2, 0) is 19.2 Å². The predicted octanol–water partition coefficient (Wildman–Crippen LogP) is 3.92. The molecule has 0 saturated heterocycles. The summed E-state index contributed by atoms with van der Waals surface area (Å²) in [5.74, 6) is 0. The summed E-state index contributed by atoms with van der Waals surface area (Å²) in [6.07, 6.45) is -4.18. The van der Waals surface area contributed by atoms with Gasteiger partial charge in [-0.2, -0.15) is 18.3 Å². The van der Waals surface area contributed by atoms with Crippen LogP contribution in [0.3, 0.4) is 0 Å². The minimum absolute atomic E-state index is 0.135. The summed E-state index contributed by atoms with van der Waals surface area (Å²) in [5.41, 5.74) is 2.16. The number of nitrogens with zero attached hydrogens (tertiary/aromatic N) is 2. The number of halogens is 3. The van der Waals surface area contributed by atoms with Crippen LogP contribution in [0.4, 0.5) is 13.2 Å². The first-order valence-corrected chi connectivity index (χ1v) is 8.70. The molecule has 1 aromatic heterocycles. The van der Waals surface area contributed by atoms with E-state index in [9.17, 15) is 18.3 Å². The van der Waals surface area contributed by atoms with E-state index in [2.05, 4.69) is 5.10 Å². The lowest BCUT2D eigenvalue weighted by molar-refractivity contribution is -0.140. The minimum Gasteiger partial charge on any atom is -0.392 e. The van der Waals surface area contributed by atoms with E-state index in [1.54, 1.807) is 30.3 Å². The maximum absolute atomic E-state index is 13.6. The summed E-state index contributed by atoms with van der Waals surface area (Å²) in [7, 11) is 0. The Labute approximate surface area is 151 Å². The first-order chi connectivity index (χ1) is 12.4. The Balaban J connectivity index is 1.94. The minimum atomic E-state index is -4.56. The van der Waals surface area contributed by atoms with Crippen molar-refractivity contribution in [1.82, 2.24) is 9.78 Å². The third-order valence-corrected chi connectivity index (χ3v) is 5.13. The number of rotatable bonds is 3. The highest BCUT2D eigenvalue weighted by Crippen LogP contribution is 2.45. The van der Waals surface area contributed by atoms with Crippen LogP contribution in [0.1, 0.15) is 22.5 Å². The molecule has 4 nitrogen and oxygen atoms in total. The van der Waals surface area contributed by atoms with E-state index in [-0.39, 0.29) is 12.2 Å². The molecule has 2 aromatic carbocycles. The molecule has 0 atom stereocenters. The van der Waals surface area contributed by atoms with Crippen molar-refractivity contribution in [3.63, 3.8) is 0 Å². The number of benzene rings is 2. The van der Waals surface area contributed by atoms with E-state index >= 15 is 0 Å². The molecule has 0 unspecified atom stereocenters. The van der Waals surface area contributed by atoms with Crippen LogP contribution in [0.2, 0.25) is 0 Å². The standard InChI is InChI=1S/C18H14F3N3OS/c19-18(20,21)17-16-13-4-2-1-3-10(13)8-14(16)24(23-17)12-5-6-15(26-22)11(7-12)9-25/h1-7,25H,8-9,22H2. The van der Waals surface area contributed by atoms with Crippen molar-refractivity contribution in [2.24, 2.45) is 5.14 Å². The summed E-state index contributed by atoms with van der Waals surface area (Å²) < 4.78 is 42.1. The second-order valence-electron chi connectivity index (χ2n) is 5.98. The topological polar surface area (TPSA) is 64.1 Å². The molecule has 1 aliphatic carbocycles. The highest BCUT2D eigenvalue weighted by atomic mass is 32.2. The zero-order valence-electron chi connectivity index (χ0n) is 13.4. The number of fused-ring (bicyclic) bond motifs is 3. The monoisotopic (exact) mass is 377 g/mol. The van der Waals surface area contributed by atoms with E-state index in [4.69, 9.17) is 5.14 Å². The molecule has 0 radical (unpaired) electrons. The zero-order valence-corrected chi connectivity index (χ0v) is 14.2. The van der Waals surface area contributed by atoms with Crippen molar-refractivity contribution < 1.29 is 18.3 Å². The quantitative estimate of drug-likeness (QED) is 0.531. The van der Waals surface area contributed by atoms with Crippen LogP contribution in [-0.4, -0.2) is 14.9 Å². The van der Waals surface area contributed by atoms with E-state index in [0.29, 0.717) is 33.8 Å². The molecular weight excluding hydrogens is 363 g/mol. The molecular formula is C18H14F3N3OS. The Morgan fingerprint density at radius 3 is 2.65 bits per heavy atom. The van der Waals surface area contributed by atoms with Gasteiger partial charge in [0.05, 0.1) is 18.0 Å². The Morgan fingerprint density at radius 1 is 1.19 bits per heavy atom. The van der Waals surface area contributed by atoms with Crippen LogP contribution in [0, 0.1) is 0 Å². The maximum Gasteiger partial charge on any atom is 0.435 e. The third-order valence-electron chi connectivity index (χ3n) is 4.48. The van der Waals surface area contributed by atoms with Crippen LogP contribution in [0.25, 0.3) is 16.8 Å². The van der Waals surface area contributed by atoms with Gasteiger partial charge in [-0.1, -0.05) is 24.3 Å². The molecule has 26 heavy (non-hydrogen) atoms. The van der Waals surface area contributed by atoms with E-state index in [1.165, 1.54) is 4.68 Å². The molecule has 4 rings (SSSR count). The molecule has 134 valence electrons. The van der Waals surface area contributed by atoms with Crippen LogP contribution in [0.15, 0.2) is 47.4 Å². The highest BCUT2D eigenvalue weighted by Gasteiger charge is 2.42. The van der Waals surface area contributed by atoms with Gasteiger partial charge >= 0.3 is 6.18 Å². The van der Waals surface area contributed by atoms with Crippen LogP contribution >= 0.6 is 11.9 Å². The van der Waals surface area contributed by atoms with Gasteiger partial charge in [0.2, 0.25) is 0 Å². The van der Waals surface area contributed by atoms with Crippen molar-refractivity contribution in [1.29, 1.82) is 0 Å². The largest absolute Gasteiger partial charge is 0.435 e. The van der Waals surface area contributed by atoms with Gasteiger partial charge in [-0.05, 0) is 46.8 Å². The number of aromatic nitrogens is 2. The van der Waals surface area contributed by atoms with Crippen molar-refractivity contribution in [3.8, 4) is 16.8 Å². The Morgan fingerprint density at radius 2 is 1.96 bits per heavy atom. The number of aliphatic hydroxyl groups excluding tert-OH is 1. The summed E-state index contributed by atoms with van der Waals surface area (Å²) in [6.45, 7) is -0.261. The van der Waals surface area contributed by atoms with E-state index < -0.39 is 11.9 Å². The van der Waals surface area contributed by atoms with Gasteiger partial charge in [0.15, 0.2) is 5.69 Å². The smallest absolute Gasteiger partial charge is 0.392 e. The second kappa shape index (κ2) is 6.15. The highest BCUT2D eigenvalue weighted by molar-refractivity contribution is 7.97.